The van der Waals surface area contributed by atoms with Crippen LogP contribution >= 0.6 is 0 Å². The molecule has 0 saturated heterocycles. The molecule has 0 aliphatic carbocycles. The van der Waals surface area contributed by atoms with Crippen molar-refractivity contribution in [1.29, 1.82) is 0 Å². The maximum Gasteiger partial charge on any atom is 0.516 e. The van der Waals surface area contributed by atoms with Crippen molar-refractivity contribution in [3.05, 3.63) is 71.3 Å². The van der Waals surface area contributed by atoms with Gasteiger partial charge in [0.25, 0.3) is 0 Å². The summed E-state index contributed by atoms with van der Waals surface area (Å²) in [6, 6.07) is 14.0. The number of sulfonamides is 1. The van der Waals surface area contributed by atoms with Gasteiger partial charge in [-0.2, -0.15) is 21.6 Å². The Morgan fingerprint density at radius 2 is 1.54 bits per heavy atom. The van der Waals surface area contributed by atoms with Crippen molar-refractivity contribution in [3.8, 4) is 0 Å². The number of hydrogen-bond acceptors (Lipinski definition) is 4. The number of carbonyl (C=O) groups is 2. The first-order valence-corrected chi connectivity index (χ1v) is 8.84. The first-order valence-electron chi connectivity index (χ1n) is 7.35. The van der Waals surface area contributed by atoms with Crippen molar-refractivity contribution >= 4 is 21.7 Å². The molecule has 1 N–H and O–H groups in total. The zero-order valence-electron chi connectivity index (χ0n) is 13.4. The average molecular weight is 385 g/mol. The maximum atomic E-state index is 12.4. The molecule has 0 bridgehead atoms. The molecule has 138 valence electrons. The van der Waals surface area contributed by atoms with Gasteiger partial charge in [-0.3, -0.25) is 9.59 Å². The minimum atomic E-state index is -5.79. The summed E-state index contributed by atoms with van der Waals surface area (Å²) < 4.78 is 60.2. The summed E-state index contributed by atoms with van der Waals surface area (Å²) in [5.41, 5.74) is -4.75. The van der Waals surface area contributed by atoms with E-state index in [1.54, 1.807) is 30.3 Å². The lowest BCUT2D eigenvalue weighted by Crippen LogP contribution is -2.41. The Labute approximate surface area is 147 Å². The van der Waals surface area contributed by atoms with E-state index in [1.165, 1.54) is 31.2 Å². The Bertz CT molecular complexity index is 925. The molecule has 0 aliphatic rings. The summed E-state index contributed by atoms with van der Waals surface area (Å²) in [6.45, 7) is 1.24. The normalized spacial score (nSPS) is 13.1. The summed E-state index contributed by atoms with van der Waals surface area (Å²) in [6.07, 6.45) is 0. The minimum absolute atomic E-state index is 0.210. The van der Waals surface area contributed by atoms with Gasteiger partial charge in [0.2, 0.25) is 5.91 Å². The molecule has 0 heterocycles. The van der Waals surface area contributed by atoms with E-state index in [0.717, 1.165) is 4.72 Å². The lowest BCUT2D eigenvalue weighted by Gasteiger charge is -2.15. The van der Waals surface area contributed by atoms with Gasteiger partial charge in [0, 0.05) is 11.1 Å². The van der Waals surface area contributed by atoms with Crippen LogP contribution in [0.15, 0.2) is 54.6 Å². The molecule has 0 aromatic heterocycles. The molecule has 2 aromatic rings. The van der Waals surface area contributed by atoms with Crippen LogP contribution in [0.2, 0.25) is 0 Å². The van der Waals surface area contributed by atoms with Crippen LogP contribution in [0.4, 0.5) is 13.2 Å². The van der Waals surface area contributed by atoms with Crippen LogP contribution in [0.5, 0.6) is 0 Å². The van der Waals surface area contributed by atoms with Gasteiger partial charge >= 0.3 is 15.5 Å². The fourth-order valence-corrected chi connectivity index (χ4v) is 2.69. The highest BCUT2D eigenvalue weighted by Crippen LogP contribution is 2.24. The Morgan fingerprint density at radius 3 is 2.12 bits per heavy atom. The minimum Gasteiger partial charge on any atom is -0.289 e. The monoisotopic (exact) mass is 385 g/mol. The summed E-state index contributed by atoms with van der Waals surface area (Å²) in [5.74, 6) is -2.88. The highest BCUT2D eigenvalue weighted by atomic mass is 32.2. The second kappa shape index (κ2) is 7.28. The van der Waals surface area contributed by atoms with Gasteiger partial charge in [0.05, 0.1) is 5.92 Å². The first-order chi connectivity index (χ1) is 12.0. The largest absolute Gasteiger partial charge is 0.516 e. The Balaban J connectivity index is 2.24. The molecule has 1 unspecified atom stereocenters. The summed E-state index contributed by atoms with van der Waals surface area (Å²) in [7, 11) is -5.79. The predicted molar refractivity (Wildman–Crippen MR) is 87.8 cm³/mol. The second-order valence-corrected chi connectivity index (χ2v) is 7.13. The third-order valence-electron chi connectivity index (χ3n) is 3.62. The fraction of sp³-hybridized carbons (Fsp3) is 0.176. The zero-order chi connectivity index (χ0) is 19.5. The van der Waals surface area contributed by atoms with Crippen LogP contribution in [0.3, 0.4) is 0 Å². The lowest BCUT2D eigenvalue weighted by atomic mass is 9.95. The SMILES string of the molecule is CC(C(=O)NS(=O)(=O)C(F)(F)F)c1cccc(C(=O)c2ccccc2)c1. The van der Waals surface area contributed by atoms with E-state index in [1.807, 2.05) is 0 Å². The van der Waals surface area contributed by atoms with Gasteiger partial charge in [0.1, 0.15) is 0 Å². The number of rotatable bonds is 5. The highest BCUT2D eigenvalue weighted by molar-refractivity contribution is 7.90. The van der Waals surface area contributed by atoms with E-state index in [4.69, 9.17) is 0 Å². The van der Waals surface area contributed by atoms with Gasteiger partial charge in [-0.05, 0) is 18.6 Å². The van der Waals surface area contributed by atoms with Gasteiger partial charge in [-0.25, -0.2) is 4.72 Å². The van der Waals surface area contributed by atoms with Crippen LogP contribution in [0.1, 0.15) is 34.3 Å². The van der Waals surface area contributed by atoms with E-state index in [0.29, 0.717) is 5.56 Å². The van der Waals surface area contributed by atoms with Crippen LogP contribution < -0.4 is 4.72 Å². The fourth-order valence-electron chi connectivity index (χ4n) is 2.14. The molecule has 0 aliphatic heterocycles. The quantitative estimate of drug-likeness (QED) is 0.803. The Hall–Kier alpha value is -2.68. The molecule has 0 spiro atoms. The van der Waals surface area contributed by atoms with Crippen LogP contribution in [0, 0.1) is 0 Å². The molecule has 2 rings (SSSR count). The molecular weight excluding hydrogens is 371 g/mol. The van der Waals surface area contributed by atoms with Gasteiger partial charge in [0.15, 0.2) is 5.78 Å². The molecule has 0 radical (unpaired) electrons. The van der Waals surface area contributed by atoms with Crippen LogP contribution in [-0.2, 0) is 14.8 Å². The zero-order valence-corrected chi connectivity index (χ0v) is 14.3. The molecule has 1 atom stereocenters. The smallest absolute Gasteiger partial charge is 0.289 e. The average Bonchev–Trinajstić information content (AvgIpc) is 2.60. The van der Waals surface area contributed by atoms with E-state index in [9.17, 15) is 31.2 Å². The number of carbonyl (C=O) groups excluding carboxylic acids is 2. The van der Waals surface area contributed by atoms with Crippen molar-refractivity contribution in [2.24, 2.45) is 0 Å². The Morgan fingerprint density at radius 1 is 0.962 bits per heavy atom. The van der Waals surface area contributed by atoms with E-state index >= 15 is 0 Å². The van der Waals surface area contributed by atoms with E-state index < -0.39 is 27.4 Å². The molecule has 9 heteroatoms. The topological polar surface area (TPSA) is 80.3 Å². The van der Waals surface area contributed by atoms with Gasteiger partial charge in [-0.1, -0.05) is 48.5 Å². The molecule has 1 amide bonds. The standard InChI is InChI=1S/C17H14F3NO4S/c1-11(16(23)21-26(24,25)17(18,19)20)13-8-5-9-14(10-13)15(22)12-6-3-2-4-7-12/h2-11H,1H3,(H,21,23). The number of benzene rings is 2. The molecular formula is C17H14F3NO4S. The number of ketones is 1. The van der Waals surface area contributed by atoms with Crippen molar-refractivity contribution in [1.82, 2.24) is 4.72 Å². The van der Waals surface area contributed by atoms with Crippen molar-refractivity contribution in [3.63, 3.8) is 0 Å². The number of hydrogen-bond donors (Lipinski definition) is 1. The lowest BCUT2D eigenvalue weighted by molar-refractivity contribution is -0.121. The van der Waals surface area contributed by atoms with E-state index in [2.05, 4.69) is 0 Å². The molecule has 2 aromatic carbocycles. The third-order valence-corrected chi connectivity index (χ3v) is 4.70. The van der Waals surface area contributed by atoms with Gasteiger partial charge < -0.3 is 0 Å². The van der Waals surface area contributed by atoms with Crippen molar-refractivity contribution in [2.75, 3.05) is 0 Å². The second-order valence-electron chi connectivity index (χ2n) is 5.46. The molecule has 5 nitrogen and oxygen atoms in total. The first kappa shape index (κ1) is 19.6. The maximum absolute atomic E-state index is 12.4. The molecule has 0 fully saturated rings. The molecule has 0 saturated carbocycles. The summed E-state index contributed by atoms with van der Waals surface area (Å²) >= 11 is 0. The number of amides is 1. The molecule has 26 heavy (non-hydrogen) atoms. The van der Waals surface area contributed by atoms with Crippen molar-refractivity contribution < 1.29 is 31.2 Å². The predicted octanol–water partition coefficient (Wildman–Crippen LogP) is 2.99. The summed E-state index contributed by atoms with van der Waals surface area (Å²) in [5, 5.41) is 0. The third kappa shape index (κ3) is 4.29. The van der Waals surface area contributed by atoms with Gasteiger partial charge in [-0.15, -0.1) is 0 Å². The number of halogens is 3. The van der Waals surface area contributed by atoms with E-state index in [-0.39, 0.29) is 16.9 Å². The van der Waals surface area contributed by atoms with Crippen LogP contribution in [0.25, 0.3) is 0 Å². The highest BCUT2D eigenvalue weighted by Gasteiger charge is 2.47. The number of nitrogens with one attached hydrogen (secondary N) is 1. The number of alkyl halides is 3. The Kier molecular flexibility index (Phi) is 5.50. The van der Waals surface area contributed by atoms with Crippen LogP contribution in [-0.4, -0.2) is 25.6 Å². The summed E-state index contributed by atoms with van der Waals surface area (Å²) in [4.78, 5) is 24.3. The van der Waals surface area contributed by atoms with Crippen molar-refractivity contribution in [2.45, 2.75) is 18.3 Å².